The van der Waals surface area contributed by atoms with E-state index >= 15 is 0 Å². The highest BCUT2D eigenvalue weighted by Crippen LogP contribution is 2.40. The van der Waals surface area contributed by atoms with Gasteiger partial charge in [0.15, 0.2) is 10.8 Å². The maximum absolute atomic E-state index is 13.5. The topological polar surface area (TPSA) is 78.9 Å². The van der Waals surface area contributed by atoms with Gasteiger partial charge in [-0.25, -0.2) is 14.1 Å². The van der Waals surface area contributed by atoms with Crippen LogP contribution in [0.2, 0.25) is 0 Å². The van der Waals surface area contributed by atoms with Crippen LogP contribution in [0.25, 0.3) is 22.1 Å². The molecule has 1 aromatic carbocycles. The molecule has 8 heteroatoms. The Kier molecular flexibility index (Phi) is 3.49. The van der Waals surface area contributed by atoms with E-state index in [0.717, 1.165) is 21.1 Å². The lowest BCUT2D eigenvalue weighted by Crippen LogP contribution is -2.05. The van der Waals surface area contributed by atoms with Crippen molar-refractivity contribution in [2.75, 3.05) is 12.3 Å². The predicted octanol–water partition coefficient (Wildman–Crippen LogP) is 3.31. The number of hydrogen-bond donors (Lipinski definition) is 1. The number of benzene rings is 1. The zero-order chi connectivity index (χ0) is 16.8. The molecule has 0 unspecified atom stereocenters. The maximum Gasteiger partial charge on any atom is 0.240 e. The van der Waals surface area contributed by atoms with E-state index in [2.05, 4.69) is 10.1 Å². The number of hydrogen-bond acceptors (Lipinski definition) is 6. The fourth-order valence-corrected chi connectivity index (χ4v) is 3.78. The molecular weight excluding hydrogens is 329 g/mol. The second-order valence-electron chi connectivity index (χ2n) is 5.86. The molecule has 124 valence electrons. The van der Waals surface area contributed by atoms with Crippen LogP contribution in [0.1, 0.15) is 24.8 Å². The number of nitrogens with two attached hydrogens (primary N) is 1. The van der Waals surface area contributed by atoms with Gasteiger partial charge in [0.05, 0.1) is 12.3 Å². The summed E-state index contributed by atoms with van der Waals surface area (Å²) in [4.78, 5) is 10.2. The molecule has 0 radical (unpaired) electrons. The third-order valence-corrected chi connectivity index (χ3v) is 4.92. The zero-order valence-electron chi connectivity index (χ0n) is 13.3. The molecule has 1 aliphatic rings. The lowest BCUT2D eigenvalue weighted by atomic mass is 10.1. The van der Waals surface area contributed by atoms with Crippen LogP contribution < -0.4 is 10.5 Å². The summed E-state index contributed by atoms with van der Waals surface area (Å²) in [5.74, 6) is 1.09. The highest BCUT2D eigenvalue weighted by molar-refractivity contribution is 7.15. The summed E-state index contributed by atoms with van der Waals surface area (Å²) in [7, 11) is 0. The normalized spacial score (nSPS) is 13.3. The van der Waals surface area contributed by atoms with Gasteiger partial charge >= 0.3 is 0 Å². The minimum absolute atomic E-state index is 0.123. The summed E-state index contributed by atoms with van der Waals surface area (Å²) < 4.78 is 20.9. The van der Waals surface area contributed by atoms with Crippen LogP contribution in [0.4, 0.5) is 10.3 Å². The number of aromatic nitrogens is 4. The van der Waals surface area contributed by atoms with E-state index < -0.39 is 0 Å². The average molecular weight is 345 g/mol. The Bertz CT molecular complexity index is 917. The minimum Gasteiger partial charge on any atom is -0.492 e. The summed E-state index contributed by atoms with van der Waals surface area (Å²) in [5, 5.41) is 5.00. The first-order valence-electron chi connectivity index (χ1n) is 7.67. The Hall–Kier alpha value is -2.48. The van der Waals surface area contributed by atoms with Gasteiger partial charge in [0.1, 0.15) is 11.6 Å². The molecule has 0 saturated carbocycles. The number of rotatable bonds is 2. The first-order valence-corrected chi connectivity index (χ1v) is 8.49. The molecule has 0 atom stereocenters. The van der Waals surface area contributed by atoms with Crippen molar-refractivity contribution >= 4 is 17.3 Å². The van der Waals surface area contributed by atoms with Crippen molar-refractivity contribution in [1.29, 1.82) is 0 Å². The second kappa shape index (κ2) is 5.55. The minimum atomic E-state index is -0.319. The molecule has 0 amide bonds. The lowest BCUT2D eigenvalue weighted by Gasteiger charge is -2.07. The van der Waals surface area contributed by atoms with Crippen LogP contribution in [-0.2, 0) is 6.42 Å². The summed E-state index contributed by atoms with van der Waals surface area (Å²) in [6.07, 6.45) is 0.717. The summed E-state index contributed by atoms with van der Waals surface area (Å²) in [5.41, 5.74) is 7.39. The van der Waals surface area contributed by atoms with Crippen molar-refractivity contribution < 1.29 is 9.13 Å². The first kappa shape index (κ1) is 15.1. The van der Waals surface area contributed by atoms with Crippen LogP contribution >= 0.6 is 11.3 Å². The lowest BCUT2D eigenvalue weighted by molar-refractivity contribution is 0.325. The SMILES string of the molecule is CC(C)n1nc(N)nc1-c1nc2c(s1)CCOc1cc(F)ccc1-2. The molecule has 0 fully saturated rings. The number of anilines is 1. The first-order chi connectivity index (χ1) is 11.5. The third kappa shape index (κ3) is 2.43. The molecule has 4 rings (SSSR count). The van der Waals surface area contributed by atoms with E-state index in [1.54, 1.807) is 22.1 Å². The Morgan fingerprint density at radius 3 is 2.96 bits per heavy atom. The predicted molar refractivity (Wildman–Crippen MR) is 90.5 cm³/mol. The molecule has 2 N–H and O–H groups in total. The van der Waals surface area contributed by atoms with Crippen LogP contribution in [0.3, 0.4) is 0 Å². The maximum atomic E-state index is 13.5. The average Bonchev–Trinajstić information content (AvgIpc) is 3.07. The van der Waals surface area contributed by atoms with E-state index in [1.165, 1.54) is 12.1 Å². The molecule has 0 spiro atoms. The van der Waals surface area contributed by atoms with Crippen LogP contribution in [0, 0.1) is 5.82 Å². The zero-order valence-corrected chi connectivity index (χ0v) is 14.1. The Labute approximate surface area is 142 Å². The molecule has 2 aromatic heterocycles. The van der Waals surface area contributed by atoms with E-state index in [1.807, 2.05) is 13.8 Å². The number of halogens is 1. The summed E-state index contributed by atoms with van der Waals surface area (Å²) >= 11 is 1.55. The fourth-order valence-electron chi connectivity index (χ4n) is 2.74. The Morgan fingerprint density at radius 1 is 1.33 bits per heavy atom. The van der Waals surface area contributed by atoms with Crippen molar-refractivity contribution in [3.63, 3.8) is 0 Å². The van der Waals surface area contributed by atoms with Gasteiger partial charge in [-0.05, 0) is 26.0 Å². The monoisotopic (exact) mass is 345 g/mol. The van der Waals surface area contributed by atoms with E-state index in [-0.39, 0.29) is 17.8 Å². The standard InChI is InChI=1S/C16H16FN5OS/c1-8(2)22-14(20-16(18)21-22)15-19-13-10-4-3-9(17)7-11(10)23-6-5-12(13)24-15/h3-4,7-8H,5-6H2,1-2H3,(H2,18,21). The van der Waals surface area contributed by atoms with Gasteiger partial charge in [-0.1, -0.05) is 0 Å². The molecule has 0 saturated heterocycles. The number of thiazole rings is 1. The van der Waals surface area contributed by atoms with E-state index in [4.69, 9.17) is 15.5 Å². The van der Waals surface area contributed by atoms with Crippen LogP contribution in [0.5, 0.6) is 5.75 Å². The van der Waals surface area contributed by atoms with Gasteiger partial charge in [0.2, 0.25) is 5.95 Å². The number of nitrogens with zero attached hydrogens (tertiary/aromatic N) is 4. The van der Waals surface area contributed by atoms with Gasteiger partial charge in [-0.15, -0.1) is 16.4 Å². The second-order valence-corrected chi connectivity index (χ2v) is 6.95. The van der Waals surface area contributed by atoms with Crippen molar-refractivity contribution in [3.8, 4) is 27.8 Å². The fraction of sp³-hybridized carbons (Fsp3) is 0.312. The van der Waals surface area contributed by atoms with Gasteiger partial charge in [0.25, 0.3) is 0 Å². The smallest absolute Gasteiger partial charge is 0.240 e. The van der Waals surface area contributed by atoms with Crippen molar-refractivity contribution in [2.24, 2.45) is 0 Å². The van der Waals surface area contributed by atoms with Crippen molar-refractivity contribution in [3.05, 3.63) is 28.9 Å². The van der Waals surface area contributed by atoms with Gasteiger partial charge < -0.3 is 10.5 Å². The molecular formula is C16H16FN5OS. The molecule has 1 aliphatic heterocycles. The number of ether oxygens (including phenoxy) is 1. The quantitative estimate of drug-likeness (QED) is 0.771. The summed E-state index contributed by atoms with van der Waals surface area (Å²) in [6, 6.07) is 4.65. The van der Waals surface area contributed by atoms with Crippen LogP contribution in [0.15, 0.2) is 18.2 Å². The molecule has 0 aliphatic carbocycles. The van der Waals surface area contributed by atoms with E-state index in [0.29, 0.717) is 24.6 Å². The Morgan fingerprint density at radius 2 is 2.17 bits per heavy atom. The summed E-state index contributed by atoms with van der Waals surface area (Å²) in [6.45, 7) is 4.52. The number of fused-ring (bicyclic) bond motifs is 3. The molecule has 0 bridgehead atoms. The largest absolute Gasteiger partial charge is 0.492 e. The molecule has 24 heavy (non-hydrogen) atoms. The van der Waals surface area contributed by atoms with E-state index in [9.17, 15) is 4.39 Å². The third-order valence-electron chi connectivity index (χ3n) is 3.81. The molecule has 6 nitrogen and oxygen atoms in total. The van der Waals surface area contributed by atoms with Crippen LogP contribution in [-0.4, -0.2) is 26.4 Å². The highest BCUT2D eigenvalue weighted by Gasteiger charge is 2.24. The highest BCUT2D eigenvalue weighted by atomic mass is 32.1. The van der Waals surface area contributed by atoms with Gasteiger partial charge in [-0.3, -0.25) is 0 Å². The molecule has 3 aromatic rings. The van der Waals surface area contributed by atoms with Gasteiger partial charge in [-0.2, -0.15) is 4.98 Å². The molecule has 3 heterocycles. The number of nitrogen functional groups attached to an aromatic ring is 1. The van der Waals surface area contributed by atoms with Crippen molar-refractivity contribution in [1.82, 2.24) is 19.7 Å². The van der Waals surface area contributed by atoms with Gasteiger partial charge in [0, 0.05) is 29.0 Å². The van der Waals surface area contributed by atoms with Crippen molar-refractivity contribution in [2.45, 2.75) is 26.3 Å². The Balaban J connectivity index is 1.87.